The van der Waals surface area contributed by atoms with Crippen molar-refractivity contribution < 1.29 is 6.16 Å². The van der Waals surface area contributed by atoms with Gasteiger partial charge in [0.2, 0.25) is 0 Å². The first-order valence-corrected chi connectivity index (χ1v) is 2.28. The second-order valence-electron chi connectivity index (χ2n) is 1.36. The molecule has 36 valence electrons. The third kappa shape index (κ3) is 0.954. The molecule has 1 aliphatic heterocycles. The fourth-order valence-corrected chi connectivity index (χ4v) is 0.516. The zero-order chi connectivity index (χ0) is 4.24. The van der Waals surface area contributed by atoms with Crippen LogP contribution in [0.25, 0.3) is 0 Å². The summed E-state index contributed by atoms with van der Waals surface area (Å²) in [5.74, 6) is 0. The first-order valence-electron chi connectivity index (χ1n) is 2.28. The SMILES string of the molecule is C1COCCN1.[H+]. The van der Waals surface area contributed by atoms with Crippen molar-refractivity contribution in [1.29, 1.82) is 0 Å². The first-order chi connectivity index (χ1) is 3.00. The van der Waals surface area contributed by atoms with Gasteiger partial charge < -0.3 is 10.1 Å². The minimum absolute atomic E-state index is 0. The van der Waals surface area contributed by atoms with E-state index in [2.05, 4.69) is 5.32 Å². The summed E-state index contributed by atoms with van der Waals surface area (Å²) in [7, 11) is 0. The van der Waals surface area contributed by atoms with Crippen LogP contribution in [-0.2, 0) is 4.74 Å². The normalized spacial score (nSPS) is 24.0. The third-order valence-corrected chi connectivity index (χ3v) is 0.846. The Balaban J connectivity index is 0.000000360. The molecule has 1 aliphatic rings. The van der Waals surface area contributed by atoms with Crippen LogP contribution in [0.3, 0.4) is 0 Å². The van der Waals surface area contributed by atoms with Crippen LogP contribution < -0.4 is 5.32 Å². The van der Waals surface area contributed by atoms with E-state index in [1.54, 1.807) is 0 Å². The Morgan fingerprint density at radius 2 is 2.00 bits per heavy atom. The molecular weight excluding hydrogens is 78.0 g/mol. The highest BCUT2D eigenvalue weighted by molar-refractivity contribution is 4.49. The van der Waals surface area contributed by atoms with Crippen molar-refractivity contribution in [1.82, 2.24) is 5.32 Å². The van der Waals surface area contributed by atoms with Gasteiger partial charge in [-0.2, -0.15) is 0 Å². The standard InChI is InChI=1S/C4H9NO/c1-3-6-4-2-5-1/h5H,1-4H2/p+1. The molecule has 0 aromatic rings. The van der Waals surface area contributed by atoms with E-state index in [1.807, 2.05) is 0 Å². The van der Waals surface area contributed by atoms with Crippen LogP contribution in [0.15, 0.2) is 0 Å². The summed E-state index contributed by atoms with van der Waals surface area (Å²) in [5.41, 5.74) is 0. The van der Waals surface area contributed by atoms with Gasteiger partial charge in [0.25, 0.3) is 0 Å². The molecule has 0 bridgehead atoms. The predicted octanol–water partition coefficient (Wildman–Crippen LogP) is -0.281. The van der Waals surface area contributed by atoms with E-state index in [9.17, 15) is 0 Å². The summed E-state index contributed by atoms with van der Waals surface area (Å²) >= 11 is 0. The van der Waals surface area contributed by atoms with E-state index in [-0.39, 0.29) is 1.43 Å². The summed E-state index contributed by atoms with van der Waals surface area (Å²) in [4.78, 5) is 0. The number of nitrogens with one attached hydrogen (secondary N) is 1. The van der Waals surface area contributed by atoms with E-state index in [1.165, 1.54) is 0 Å². The Morgan fingerprint density at radius 1 is 1.33 bits per heavy atom. The molecule has 0 atom stereocenters. The molecule has 1 fully saturated rings. The molecule has 6 heavy (non-hydrogen) atoms. The number of ether oxygens (including phenoxy) is 1. The Bertz CT molecular complexity index is 27.2. The monoisotopic (exact) mass is 88.1 g/mol. The number of hydrogen-bond donors (Lipinski definition) is 1. The second kappa shape index (κ2) is 2.16. The van der Waals surface area contributed by atoms with E-state index in [4.69, 9.17) is 4.74 Å². The molecule has 0 spiro atoms. The van der Waals surface area contributed by atoms with Gasteiger partial charge in [-0.25, -0.2) is 0 Å². The summed E-state index contributed by atoms with van der Waals surface area (Å²) < 4.78 is 5.01. The van der Waals surface area contributed by atoms with Gasteiger partial charge in [-0.3, -0.25) is 0 Å². The molecular formula is C4H10NO+. The van der Waals surface area contributed by atoms with Crippen LogP contribution >= 0.6 is 0 Å². The van der Waals surface area contributed by atoms with Crippen molar-refractivity contribution in [3.8, 4) is 0 Å². The number of rotatable bonds is 0. The average Bonchev–Trinajstić information content (AvgIpc) is 1.72. The largest absolute Gasteiger partial charge is 1.00 e. The third-order valence-electron chi connectivity index (χ3n) is 0.846. The van der Waals surface area contributed by atoms with Crippen LogP contribution in [0.4, 0.5) is 0 Å². The zero-order valence-corrected chi connectivity index (χ0v) is 3.74. The lowest BCUT2D eigenvalue weighted by Gasteiger charge is -2.10. The average molecular weight is 88.1 g/mol. The molecule has 2 heteroatoms. The first kappa shape index (κ1) is 4.09. The maximum absolute atomic E-state index is 5.01. The van der Waals surface area contributed by atoms with E-state index in [0.717, 1.165) is 26.3 Å². The van der Waals surface area contributed by atoms with Crippen molar-refractivity contribution in [3.05, 3.63) is 0 Å². The lowest BCUT2D eigenvalue weighted by molar-refractivity contribution is 0.109. The van der Waals surface area contributed by atoms with Gasteiger partial charge in [0.05, 0.1) is 13.2 Å². The van der Waals surface area contributed by atoms with E-state index < -0.39 is 0 Å². The van der Waals surface area contributed by atoms with E-state index in [0.29, 0.717) is 0 Å². The number of morpholine rings is 1. The van der Waals surface area contributed by atoms with Crippen molar-refractivity contribution in [2.24, 2.45) is 0 Å². The Hall–Kier alpha value is -0.0800. The quantitative estimate of drug-likeness (QED) is 0.439. The number of hydrogen-bond acceptors (Lipinski definition) is 2. The van der Waals surface area contributed by atoms with E-state index >= 15 is 0 Å². The summed E-state index contributed by atoms with van der Waals surface area (Å²) in [6.45, 7) is 3.83. The predicted molar refractivity (Wildman–Crippen MR) is 24.8 cm³/mol. The molecule has 1 heterocycles. The van der Waals surface area contributed by atoms with Gasteiger partial charge in [-0.1, -0.05) is 0 Å². The van der Waals surface area contributed by atoms with Gasteiger partial charge in [0, 0.05) is 13.1 Å². The topological polar surface area (TPSA) is 21.3 Å². The maximum Gasteiger partial charge on any atom is 1.00 e. The maximum atomic E-state index is 5.01. The molecule has 0 amide bonds. The molecule has 0 saturated carbocycles. The fourth-order valence-electron chi connectivity index (χ4n) is 0.516. The molecule has 0 aliphatic carbocycles. The van der Waals surface area contributed by atoms with Crippen LogP contribution in [0.1, 0.15) is 1.43 Å². The minimum atomic E-state index is 0. The summed E-state index contributed by atoms with van der Waals surface area (Å²) in [5, 5.41) is 3.16. The highest BCUT2D eigenvalue weighted by Crippen LogP contribution is 1.76. The zero-order valence-electron chi connectivity index (χ0n) is 4.74. The van der Waals surface area contributed by atoms with Crippen molar-refractivity contribution in [2.45, 2.75) is 0 Å². The summed E-state index contributed by atoms with van der Waals surface area (Å²) in [6, 6.07) is 0. The minimum Gasteiger partial charge on any atom is -0.379 e. The van der Waals surface area contributed by atoms with Crippen molar-refractivity contribution in [3.63, 3.8) is 0 Å². The van der Waals surface area contributed by atoms with Crippen LogP contribution in [0, 0.1) is 0 Å². The van der Waals surface area contributed by atoms with Crippen LogP contribution in [-0.4, -0.2) is 26.3 Å². The Morgan fingerprint density at radius 3 is 2.17 bits per heavy atom. The lowest BCUT2D eigenvalue weighted by Crippen LogP contribution is -2.30. The molecule has 2 nitrogen and oxygen atoms in total. The van der Waals surface area contributed by atoms with Gasteiger partial charge >= 0.3 is 1.43 Å². The van der Waals surface area contributed by atoms with Gasteiger partial charge in [-0.15, -0.1) is 0 Å². The summed E-state index contributed by atoms with van der Waals surface area (Å²) in [6.07, 6.45) is 0. The molecule has 1 rings (SSSR count). The van der Waals surface area contributed by atoms with Gasteiger partial charge in [0.1, 0.15) is 0 Å². The van der Waals surface area contributed by atoms with Crippen molar-refractivity contribution >= 4 is 0 Å². The van der Waals surface area contributed by atoms with Gasteiger partial charge in [-0.05, 0) is 0 Å². The highest BCUT2D eigenvalue weighted by Gasteiger charge is 1.92. The Kier molecular flexibility index (Phi) is 1.47. The molecule has 1 saturated heterocycles. The molecule has 0 radical (unpaired) electrons. The lowest BCUT2D eigenvalue weighted by atomic mass is 10.5. The molecule has 0 aromatic heterocycles. The smallest absolute Gasteiger partial charge is 0.379 e. The van der Waals surface area contributed by atoms with Crippen LogP contribution in [0.2, 0.25) is 0 Å². The molecule has 1 N–H and O–H groups in total. The fraction of sp³-hybridized carbons (Fsp3) is 1.00. The second-order valence-corrected chi connectivity index (χ2v) is 1.36. The Labute approximate surface area is 39.0 Å². The van der Waals surface area contributed by atoms with Crippen molar-refractivity contribution in [2.75, 3.05) is 26.3 Å². The van der Waals surface area contributed by atoms with Crippen LogP contribution in [0.5, 0.6) is 0 Å². The molecule has 0 aromatic carbocycles. The molecule has 0 unspecified atom stereocenters. The van der Waals surface area contributed by atoms with Gasteiger partial charge in [0.15, 0.2) is 0 Å². The highest BCUT2D eigenvalue weighted by atomic mass is 16.5.